The summed E-state index contributed by atoms with van der Waals surface area (Å²) in [6.07, 6.45) is 13.7. The fourth-order valence-corrected chi connectivity index (χ4v) is 3.06. The molecule has 124 valence electrons. The molecule has 0 amide bonds. The summed E-state index contributed by atoms with van der Waals surface area (Å²) in [7, 11) is 0. The molecule has 1 fully saturated rings. The van der Waals surface area contributed by atoms with Gasteiger partial charge in [-0.25, -0.2) is 0 Å². The van der Waals surface area contributed by atoms with E-state index >= 15 is 0 Å². The lowest BCUT2D eigenvalue weighted by Gasteiger charge is -2.25. The maximum absolute atomic E-state index is 11.8. The number of benzene rings is 1. The van der Waals surface area contributed by atoms with Gasteiger partial charge >= 0.3 is 0 Å². The van der Waals surface area contributed by atoms with Crippen LogP contribution in [0.5, 0.6) is 5.75 Å². The van der Waals surface area contributed by atoms with Crippen molar-refractivity contribution in [2.24, 2.45) is 9.98 Å². The molecule has 1 N–H and O–H groups in total. The van der Waals surface area contributed by atoms with Gasteiger partial charge in [-0.05, 0) is 25.0 Å². The molecule has 4 nitrogen and oxygen atoms in total. The molecule has 0 spiro atoms. The number of Topliss-reactive ketones (excluding diaryl/α,β-unsaturated/α-hetero) is 1. The van der Waals surface area contributed by atoms with E-state index in [0.29, 0.717) is 12.0 Å². The molecule has 2 atom stereocenters. The van der Waals surface area contributed by atoms with Gasteiger partial charge in [0.25, 0.3) is 0 Å². The van der Waals surface area contributed by atoms with Gasteiger partial charge in [0, 0.05) is 30.0 Å². The van der Waals surface area contributed by atoms with E-state index in [4.69, 9.17) is 0 Å². The molecule has 1 aromatic rings. The molecule has 0 radical (unpaired) electrons. The van der Waals surface area contributed by atoms with Crippen LogP contribution in [0.15, 0.2) is 58.1 Å². The highest BCUT2D eigenvalue weighted by atomic mass is 16.3. The second-order valence-corrected chi connectivity index (χ2v) is 6.21. The molecule has 0 unspecified atom stereocenters. The van der Waals surface area contributed by atoms with Gasteiger partial charge in [-0.1, -0.05) is 43.2 Å². The van der Waals surface area contributed by atoms with E-state index in [0.717, 1.165) is 31.2 Å². The van der Waals surface area contributed by atoms with Crippen LogP contribution in [-0.2, 0) is 4.79 Å². The molecule has 0 aromatic heterocycles. The third kappa shape index (κ3) is 4.07. The Hall–Kier alpha value is -2.49. The van der Waals surface area contributed by atoms with Gasteiger partial charge in [0.1, 0.15) is 5.75 Å². The van der Waals surface area contributed by atoms with E-state index in [1.165, 1.54) is 0 Å². The second-order valence-electron chi connectivity index (χ2n) is 6.21. The number of allylic oxidation sites excluding steroid dienone is 4. The average molecular weight is 322 g/mol. The minimum Gasteiger partial charge on any atom is -0.507 e. The van der Waals surface area contributed by atoms with Crippen molar-refractivity contribution in [3.63, 3.8) is 0 Å². The van der Waals surface area contributed by atoms with Crippen molar-refractivity contribution in [3.8, 4) is 5.75 Å². The fourth-order valence-electron chi connectivity index (χ4n) is 3.06. The predicted octanol–water partition coefficient (Wildman–Crippen LogP) is 3.65. The van der Waals surface area contributed by atoms with Gasteiger partial charge in [0.2, 0.25) is 0 Å². The van der Waals surface area contributed by atoms with Gasteiger partial charge in [-0.2, -0.15) is 0 Å². The Morgan fingerprint density at radius 2 is 1.75 bits per heavy atom. The number of phenols is 1. The number of hydrogen-bond donors (Lipinski definition) is 1. The smallest absolute Gasteiger partial charge is 0.168 e. The van der Waals surface area contributed by atoms with Gasteiger partial charge in [-0.3, -0.25) is 14.8 Å². The van der Waals surface area contributed by atoms with Crippen LogP contribution in [0, 0.1) is 0 Å². The summed E-state index contributed by atoms with van der Waals surface area (Å²) in [5.41, 5.74) is 1.40. The maximum atomic E-state index is 11.8. The molecular weight excluding hydrogens is 300 g/mol. The number of aromatic hydroxyl groups is 1. The molecule has 2 aliphatic rings. The molecule has 1 saturated carbocycles. The zero-order valence-corrected chi connectivity index (χ0v) is 13.6. The summed E-state index contributed by atoms with van der Waals surface area (Å²) in [6.45, 7) is 0. The molecule has 0 bridgehead atoms. The first-order valence-electron chi connectivity index (χ1n) is 8.48. The quantitative estimate of drug-likeness (QED) is 0.860. The molecule has 2 aliphatic carbocycles. The van der Waals surface area contributed by atoms with Gasteiger partial charge in [0.15, 0.2) is 5.78 Å². The zero-order chi connectivity index (χ0) is 16.8. The molecule has 0 aliphatic heterocycles. The monoisotopic (exact) mass is 322 g/mol. The van der Waals surface area contributed by atoms with Crippen LogP contribution in [0.2, 0.25) is 0 Å². The number of para-hydroxylation sites is 1. The lowest BCUT2D eigenvalue weighted by atomic mass is 9.91. The van der Waals surface area contributed by atoms with Crippen LogP contribution < -0.4 is 0 Å². The maximum Gasteiger partial charge on any atom is 0.168 e. The summed E-state index contributed by atoms with van der Waals surface area (Å²) < 4.78 is 0. The summed E-state index contributed by atoms with van der Waals surface area (Å²) in [6, 6.07) is 7.38. The van der Waals surface area contributed by atoms with Crippen LogP contribution >= 0.6 is 0 Å². The van der Waals surface area contributed by atoms with E-state index < -0.39 is 0 Å². The topological polar surface area (TPSA) is 62.0 Å². The highest BCUT2D eigenvalue weighted by Crippen LogP contribution is 2.24. The lowest BCUT2D eigenvalue weighted by molar-refractivity contribution is -0.114. The summed E-state index contributed by atoms with van der Waals surface area (Å²) >= 11 is 0. The van der Waals surface area contributed by atoms with Crippen molar-refractivity contribution >= 4 is 18.2 Å². The Labute approximate surface area is 142 Å². The summed E-state index contributed by atoms with van der Waals surface area (Å²) in [5.74, 6) is 0.355. The number of aliphatic imine (C=N–C) groups is 2. The Bertz CT molecular complexity index is 716. The highest BCUT2D eigenvalue weighted by Gasteiger charge is 2.23. The number of carbonyl (C=O) groups excluding carboxylic acids is 1. The van der Waals surface area contributed by atoms with Crippen molar-refractivity contribution < 1.29 is 9.90 Å². The van der Waals surface area contributed by atoms with Crippen molar-refractivity contribution in [2.75, 3.05) is 0 Å². The number of rotatable bonds is 4. The summed E-state index contributed by atoms with van der Waals surface area (Å²) in [5, 5.41) is 9.84. The van der Waals surface area contributed by atoms with E-state index in [1.807, 2.05) is 30.4 Å². The Morgan fingerprint density at radius 3 is 2.46 bits per heavy atom. The Morgan fingerprint density at radius 1 is 1.04 bits per heavy atom. The van der Waals surface area contributed by atoms with E-state index in [1.54, 1.807) is 24.6 Å². The standard InChI is InChI=1S/C20H22N2O2/c23-19-11-5-1-7-15(19)13-21-17-9-3-4-10-18(17)22-14-16-8-2-6-12-20(16)24/h1-2,5-8,11,13-14,17-18,23H,3-4,9-10,12H2/t17-,18-/m0/s1. The Balaban J connectivity index is 1.71. The number of phenolic OH excluding ortho intramolecular Hbond substituents is 1. The first-order valence-corrected chi connectivity index (χ1v) is 8.48. The lowest BCUT2D eigenvalue weighted by Crippen LogP contribution is -2.27. The van der Waals surface area contributed by atoms with Crippen LogP contribution in [0.1, 0.15) is 37.7 Å². The van der Waals surface area contributed by atoms with Gasteiger partial charge in [-0.15, -0.1) is 0 Å². The average Bonchev–Trinajstić information content (AvgIpc) is 2.61. The largest absolute Gasteiger partial charge is 0.507 e. The van der Waals surface area contributed by atoms with E-state index in [-0.39, 0.29) is 23.6 Å². The molecule has 0 saturated heterocycles. The molecule has 24 heavy (non-hydrogen) atoms. The third-order valence-electron chi connectivity index (χ3n) is 4.48. The van der Waals surface area contributed by atoms with Crippen molar-refractivity contribution in [2.45, 2.75) is 44.2 Å². The van der Waals surface area contributed by atoms with Gasteiger partial charge < -0.3 is 5.11 Å². The number of carbonyl (C=O) groups is 1. The first-order chi connectivity index (χ1) is 11.7. The minimum absolute atomic E-state index is 0.0976. The molecule has 1 aromatic carbocycles. The summed E-state index contributed by atoms with van der Waals surface area (Å²) in [4.78, 5) is 21.1. The minimum atomic E-state index is 0.0976. The van der Waals surface area contributed by atoms with Crippen LogP contribution in [0.4, 0.5) is 0 Å². The van der Waals surface area contributed by atoms with Crippen LogP contribution in [0.3, 0.4) is 0 Å². The zero-order valence-electron chi connectivity index (χ0n) is 13.6. The molecule has 4 heteroatoms. The van der Waals surface area contributed by atoms with Crippen molar-refractivity contribution in [1.29, 1.82) is 0 Å². The van der Waals surface area contributed by atoms with E-state index in [2.05, 4.69) is 9.98 Å². The molecule has 0 heterocycles. The molecule has 3 rings (SSSR count). The number of nitrogens with zero attached hydrogens (tertiary/aromatic N) is 2. The molecular formula is C20H22N2O2. The predicted molar refractivity (Wildman–Crippen MR) is 97.1 cm³/mol. The normalized spacial score (nSPS) is 24.7. The van der Waals surface area contributed by atoms with E-state index in [9.17, 15) is 9.90 Å². The van der Waals surface area contributed by atoms with Crippen LogP contribution in [-0.4, -0.2) is 35.4 Å². The fraction of sp³-hybridized carbons (Fsp3) is 0.350. The third-order valence-corrected chi connectivity index (χ3v) is 4.48. The van der Waals surface area contributed by atoms with Gasteiger partial charge in [0.05, 0.1) is 12.1 Å². The Kier molecular flexibility index (Phi) is 5.36. The van der Waals surface area contributed by atoms with Crippen LogP contribution in [0.25, 0.3) is 0 Å². The first kappa shape index (κ1) is 16.4. The number of ketones is 1. The highest BCUT2D eigenvalue weighted by molar-refractivity contribution is 6.14. The van der Waals surface area contributed by atoms with Crippen molar-refractivity contribution in [1.82, 2.24) is 0 Å². The number of hydrogen-bond acceptors (Lipinski definition) is 4. The SMILES string of the molecule is O=C1CC=CC=C1C=N[C@H]1CCCC[C@@H]1N=Cc1ccccc1O. The second kappa shape index (κ2) is 7.86. The van der Waals surface area contributed by atoms with Crippen molar-refractivity contribution in [3.05, 3.63) is 53.6 Å².